The summed E-state index contributed by atoms with van der Waals surface area (Å²) < 4.78 is 0.102. The quantitative estimate of drug-likeness (QED) is 0.628. The van der Waals surface area contributed by atoms with Gasteiger partial charge in [-0.25, -0.2) is 0 Å². The van der Waals surface area contributed by atoms with Crippen molar-refractivity contribution in [3.63, 3.8) is 0 Å². The van der Waals surface area contributed by atoms with Gasteiger partial charge >= 0.3 is 0 Å². The number of carbonyl (C=O) groups excluding carboxylic acids is 1. The van der Waals surface area contributed by atoms with Crippen LogP contribution in [0.15, 0.2) is 12.2 Å². The first kappa shape index (κ1) is 10.8. The Kier molecular flexibility index (Phi) is 4.04. The third-order valence-corrected chi connectivity index (χ3v) is 3.58. The van der Waals surface area contributed by atoms with Crippen LogP contribution in [-0.2, 0) is 4.79 Å². The van der Waals surface area contributed by atoms with Crippen molar-refractivity contribution in [3.05, 3.63) is 12.2 Å². The number of unbranched alkanes of at least 4 members (excludes halogenated alkanes) is 3. The van der Waals surface area contributed by atoms with E-state index >= 15 is 0 Å². The summed E-state index contributed by atoms with van der Waals surface area (Å²) in [7, 11) is 0. The SMILES string of the molecule is CCCCCCC1(C)C=CC(=O)S1. The van der Waals surface area contributed by atoms with Gasteiger partial charge in [0.05, 0.1) is 0 Å². The Balaban J connectivity index is 2.21. The molecule has 0 bridgehead atoms. The van der Waals surface area contributed by atoms with E-state index in [1.165, 1.54) is 37.4 Å². The Bertz CT molecular complexity index is 210. The lowest BCUT2D eigenvalue weighted by Crippen LogP contribution is -2.13. The molecule has 1 aliphatic rings. The van der Waals surface area contributed by atoms with E-state index in [4.69, 9.17) is 0 Å². The van der Waals surface area contributed by atoms with Gasteiger partial charge in [0.25, 0.3) is 0 Å². The minimum atomic E-state index is 0.102. The first-order valence-corrected chi connectivity index (χ1v) is 5.90. The number of hydrogen-bond donors (Lipinski definition) is 0. The van der Waals surface area contributed by atoms with Crippen LogP contribution in [0.5, 0.6) is 0 Å². The molecule has 1 atom stereocenters. The third kappa shape index (κ3) is 3.55. The number of hydrogen-bond acceptors (Lipinski definition) is 2. The molecule has 0 spiro atoms. The van der Waals surface area contributed by atoms with E-state index in [1.807, 2.05) is 0 Å². The van der Waals surface area contributed by atoms with Crippen molar-refractivity contribution in [3.8, 4) is 0 Å². The fourth-order valence-electron chi connectivity index (χ4n) is 1.58. The highest BCUT2D eigenvalue weighted by atomic mass is 32.2. The molecule has 0 saturated heterocycles. The minimum absolute atomic E-state index is 0.102. The first-order chi connectivity index (χ1) is 6.16. The molecule has 0 saturated carbocycles. The molecule has 1 rings (SSSR count). The van der Waals surface area contributed by atoms with Gasteiger partial charge in [-0.05, 0) is 19.4 Å². The van der Waals surface area contributed by atoms with Crippen molar-refractivity contribution in [2.24, 2.45) is 0 Å². The van der Waals surface area contributed by atoms with Gasteiger partial charge in [0.1, 0.15) is 0 Å². The van der Waals surface area contributed by atoms with Crippen molar-refractivity contribution >= 4 is 16.9 Å². The van der Waals surface area contributed by atoms with Gasteiger partial charge in [-0.3, -0.25) is 4.79 Å². The average Bonchev–Trinajstić information content (AvgIpc) is 2.41. The summed E-state index contributed by atoms with van der Waals surface area (Å²) in [5, 5.41) is 0.220. The molecule has 1 heterocycles. The van der Waals surface area contributed by atoms with Crippen molar-refractivity contribution in [1.29, 1.82) is 0 Å². The first-order valence-electron chi connectivity index (χ1n) is 5.08. The van der Waals surface area contributed by atoms with Gasteiger partial charge in [0.2, 0.25) is 5.12 Å². The number of carbonyl (C=O) groups is 1. The normalized spacial score (nSPS) is 27.1. The van der Waals surface area contributed by atoms with Crippen LogP contribution in [0.1, 0.15) is 46.0 Å². The Labute approximate surface area is 85.0 Å². The van der Waals surface area contributed by atoms with Crippen molar-refractivity contribution in [2.75, 3.05) is 0 Å². The predicted octanol–water partition coefficient (Wildman–Crippen LogP) is 3.55. The molecule has 74 valence electrons. The highest BCUT2D eigenvalue weighted by molar-refractivity contribution is 8.15. The summed E-state index contributed by atoms with van der Waals surface area (Å²) >= 11 is 1.48. The topological polar surface area (TPSA) is 17.1 Å². The molecule has 0 amide bonds. The maximum Gasteiger partial charge on any atom is 0.212 e. The van der Waals surface area contributed by atoms with E-state index in [-0.39, 0.29) is 9.86 Å². The molecule has 0 radical (unpaired) electrons. The van der Waals surface area contributed by atoms with Gasteiger partial charge in [-0.1, -0.05) is 50.4 Å². The summed E-state index contributed by atoms with van der Waals surface area (Å²) in [6.07, 6.45) is 10.1. The fraction of sp³-hybridized carbons (Fsp3) is 0.727. The lowest BCUT2D eigenvalue weighted by atomic mass is 10.0. The van der Waals surface area contributed by atoms with Gasteiger partial charge in [0, 0.05) is 4.75 Å². The van der Waals surface area contributed by atoms with Crippen LogP contribution in [-0.4, -0.2) is 9.86 Å². The lowest BCUT2D eigenvalue weighted by Gasteiger charge is -2.19. The standard InChI is InChI=1S/C11H18OS/c1-3-4-5-6-8-11(2)9-7-10(12)13-11/h7,9H,3-6,8H2,1-2H3. The van der Waals surface area contributed by atoms with E-state index in [0.717, 1.165) is 6.42 Å². The van der Waals surface area contributed by atoms with Gasteiger partial charge in [-0.15, -0.1) is 0 Å². The van der Waals surface area contributed by atoms with E-state index in [9.17, 15) is 4.79 Å². The lowest BCUT2D eigenvalue weighted by molar-refractivity contribution is -0.106. The maximum absolute atomic E-state index is 11.0. The van der Waals surface area contributed by atoms with Crippen LogP contribution in [0.25, 0.3) is 0 Å². The second-order valence-corrected chi connectivity index (χ2v) is 5.42. The Morgan fingerprint density at radius 1 is 1.38 bits per heavy atom. The summed E-state index contributed by atoms with van der Waals surface area (Å²) in [5.41, 5.74) is 0. The second-order valence-electron chi connectivity index (χ2n) is 3.88. The minimum Gasteiger partial charge on any atom is -0.282 e. The van der Waals surface area contributed by atoms with Gasteiger partial charge < -0.3 is 0 Å². The molecule has 0 aromatic rings. The predicted molar refractivity (Wildman–Crippen MR) is 58.9 cm³/mol. The summed E-state index contributed by atoms with van der Waals surface area (Å²) in [4.78, 5) is 11.0. The van der Waals surface area contributed by atoms with Crippen molar-refractivity contribution in [2.45, 2.75) is 50.7 Å². The highest BCUT2D eigenvalue weighted by Crippen LogP contribution is 2.37. The van der Waals surface area contributed by atoms with Crippen molar-refractivity contribution < 1.29 is 4.79 Å². The summed E-state index contributed by atoms with van der Waals surface area (Å²) in [6.45, 7) is 4.38. The van der Waals surface area contributed by atoms with Crippen LogP contribution < -0.4 is 0 Å². The Morgan fingerprint density at radius 3 is 2.69 bits per heavy atom. The Morgan fingerprint density at radius 2 is 2.15 bits per heavy atom. The zero-order valence-corrected chi connectivity index (χ0v) is 9.32. The van der Waals surface area contributed by atoms with E-state index in [1.54, 1.807) is 6.08 Å². The number of rotatable bonds is 5. The zero-order valence-electron chi connectivity index (χ0n) is 8.51. The van der Waals surface area contributed by atoms with Gasteiger partial charge in [0.15, 0.2) is 0 Å². The molecule has 1 aliphatic heterocycles. The average molecular weight is 198 g/mol. The zero-order chi connectivity index (χ0) is 9.73. The Hall–Kier alpha value is -0.240. The summed E-state index contributed by atoms with van der Waals surface area (Å²) in [5.74, 6) is 0. The summed E-state index contributed by atoms with van der Waals surface area (Å²) in [6, 6.07) is 0. The molecular weight excluding hydrogens is 180 g/mol. The van der Waals surface area contributed by atoms with E-state index in [2.05, 4.69) is 19.9 Å². The molecule has 1 unspecified atom stereocenters. The largest absolute Gasteiger partial charge is 0.282 e. The van der Waals surface area contributed by atoms with Crippen LogP contribution in [0.4, 0.5) is 0 Å². The molecule has 0 fully saturated rings. The molecular formula is C11H18OS. The molecule has 0 N–H and O–H groups in total. The molecule has 1 nitrogen and oxygen atoms in total. The van der Waals surface area contributed by atoms with E-state index in [0.29, 0.717) is 0 Å². The molecule has 13 heavy (non-hydrogen) atoms. The monoisotopic (exact) mass is 198 g/mol. The highest BCUT2D eigenvalue weighted by Gasteiger charge is 2.28. The van der Waals surface area contributed by atoms with Gasteiger partial charge in [-0.2, -0.15) is 0 Å². The molecule has 0 aromatic heterocycles. The second kappa shape index (κ2) is 4.85. The van der Waals surface area contributed by atoms with Crippen LogP contribution in [0.3, 0.4) is 0 Å². The molecule has 2 heteroatoms. The maximum atomic E-state index is 11.0. The number of thioether (sulfide) groups is 1. The van der Waals surface area contributed by atoms with Crippen molar-refractivity contribution in [1.82, 2.24) is 0 Å². The van der Waals surface area contributed by atoms with E-state index < -0.39 is 0 Å². The smallest absolute Gasteiger partial charge is 0.212 e. The molecule has 0 aliphatic carbocycles. The van der Waals surface area contributed by atoms with Crippen LogP contribution in [0, 0.1) is 0 Å². The third-order valence-electron chi connectivity index (χ3n) is 2.43. The van der Waals surface area contributed by atoms with Crippen LogP contribution in [0.2, 0.25) is 0 Å². The molecule has 0 aromatic carbocycles. The fourth-order valence-corrected chi connectivity index (χ4v) is 2.56. The van der Waals surface area contributed by atoms with Crippen LogP contribution >= 0.6 is 11.8 Å².